The average molecular weight is 366 g/mol. The van der Waals surface area contributed by atoms with Gasteiger partial charge in [0.25, 0.3) is 5.91 Å². The Kier molecular flexibility index (Phi) is 6.84. The van der Waals surface area contributed by atoms with Crippen LogP contribution >= 0.6 is 0 Å². The topological polar surface area (TPSA) is 79.2 Å². The van der Waals surface area contributed by atoms with Gasteiger partial charge >= 0.3 is 5.97 Å². The normalized spacial score (nSPS) is 12.0. The number of hydrogen-bond donors (Lipinski definition) is 1. The second-order valence-corrected chi connectivity index (χ2v) is 5.97. The van der Waals surface area contributed by atoms with Gasteiger partial charge in [0, 0.05) is 6.54 Å². The third-order valence-corrected chi connectivity index (χ3v) is 3.76. The molecular formula is C21H19FN2O3. The van der Waals surface area contributed by atoms with Crippen LogP contribution in [0.3, 0.4) is 0 Å². The van der Waals surface area contributed by atoms with Gasteiger partial charge < -0.3 is 10.1 Å². The third-order valence-electron chi connectivity index (χ3n) is 3.76. The molecule has 0 bridgehead atoms. The molecule has 138 valence electrons. The van der Waals surface area contributed by atoms with Crippen molar-refractivity contribution in [3.63, 3.8) is 0 Å². The zero-order valence-electron chi connectivity index (χ0n) is 15.0. The minimum absolute atomic E-state index is 0.172. The lowest BCUT2D eigenvalue weighted by atomic mass is 10.1. The molecule has 6 heteroatoms. The molecule has 0 aliphatic heterocycles. The number of benzene rings is 2. The van der Waals surface area contributed by atoms with E-state index in [1.54, 1.807) is 30.3 Å². The Morgan fingerprint density at radius 2 is 1.81 bits per heavy atom. The van der Waals surface area contributed by atoms with E-state index in [1.807, 2.05) is 19.1 Å². The van der Waals surface area contributed by atoms with Gasteiger partial charge in [0.05, 0.1) is 0 Å². The predicted molar refractivity (Wildman–Crippen MR) is 98.6 cm³/mol. The van der Waals surface area contributed by atoms with E-state index in [1.165, 1.54) is 25.1 Å². The fraction of sp³-hybridized carbons (Fsp3) is 0.190. The van der Waals surface area contributed by atoms with Crippen molar-refractivity contribution in [1.29, 1.82) is 5.26 Å². The number of hydrogen-bond acceptors (Lipinski definition) is 4. The summed E-state index contributed by atoms with van der Waals surface area (Å²) in [4.78, 5) is 24.2. The molecular weight excluding hydrogens is 347 g/mol. The predicted octanol–water partition coefficient (Wildman–Crippen LogP) is 3.29. The first kappa shape index (κ1) is 19.9. The number of rotatable bonds is 6. The Labute approximate surface area is 157 Å². The maximum atomic E-state index is 12.9. The van der Waals surface area contributed by atoms with Crippen LogP contribution in [0.25, 0.3) is 6.08 Å². The zero-order chi connectivity index (χ0) is 19.8. The number of ether oxygens (including phenoxy) is 1. The van der Waals surface area contributed by atoms with Gasteiger partial charge in [-0.1, -0.05) is 42.0 Å². The molecule has 0 aromatic heterocycles. The van der Waals surface area contributed by atoms with Crippen LogP contribution < -0.4 is 5.32 Å². The summed E-state index contributed by atoms with van der Waals surface area (Å²) < 4.78 is 17.9. The van der Waals surface area contributed by atoms with Crippen LogP contribution in [0.15, 0.2) is 54.1 Å². The van der Waals surface area contributed by atoms with Crippen molar-refractivity contribution < 1.29 is 18.7 Å². The summed E-state index contributed by atoms with van der Waals surface area (Å²) in [5.74, 6) is -1.75. The summed E-state index contributed by atoms with van der Waals surface area (Å²) in [6, 6.07) is 14.7. The summed E-state index contributed by atoms with van der Waals surface area (Å²) in [6.07, 6.45) is 0.331. The Bertz CT molecular complexity index is 881. The standard InChI is InChI=1S/C21H19FN2O3/c1-14-3-5-16(6-4-14)11-18(12-23)21(26)27-15(2)20(25)24-13-17-7-9-19(22)10-8-17/h3-11,15H,13H2,1-2H3,(H,24,25)/b18-11+/t15-/m0/s1. The highest BCUT2D eigenvalue weighted by atomic mass is 19.1. The molecule has 0 fully saturated rings. The van der Waals surface area contributed by atoms with Crippen molar-refractivity contribution in [3.05, 3.63) is 76.6 Å². The minimum atomic E-state index is -1.08. The highest BCUT2D eigenvalue weighted by Crippen LogP contribution is 2.11. The van der Waals surface area contributed by atoms with E-state index in [-0.39, 0.29) is 17.9 Å². The van der Waals surface area contributed by atoms with Gasteiger partial charge in [0.15, 0.2) is 6.10 Å². The van der Waals surface area contributed by atoms with Crippen LogP contribution in [0, 0.1) is 24.1 Å². The summed E-state index contributed by atoms with van der Waals surface area (Å²) in [5.41, 5.74) is 2.25. The van der Waals surface area contributed by atoms with E-state index < -0.39 is 18.0 Å². The Morgan fingerprint density at radius 1 is 1.19 bits per heavy atom. The summed E-state index contributed by atoms with van der Waals surface area (Å²) in [5, 5.41) is 11.8. The van der Waals surface area contributed by atoms with E-state index in [9.17, 15) is 19.2 Å². The summed E-state index contributed by atoms with van der Waals surface area (Å²) >= 11 is 0. The molecule has 5 nitrogen and oxygen atoms in total. The molecule has 0 heterocycles. The Balaban J connectivity index is 1.94. The zero-order valence-corrected chi connectivity index (χ0v) is 15.0. The average Bonchev–Trinajstić information content (AvgIpc) is 2.66. The molecule has 2 aromatic rings. The molecule has 1 amide bonds. The highest BCUT2D eigenvalue weighted by molar-refractivity contribution is 5.99. The number of nitrogens with zero attached hydrogens (tertiary/aromatic N) is 1. The fourth-order valence-corrected chi connectivity index (χ4v) is 2.18. The van der Waals surface area contributed by atoms with Crippen molar-refractivity contribution in [2.45, 2.75) is 26.5 Å². The van der Waals surface area contributed by atoms with Gasteiger partial charge in [0.1, 0.15) is 17.5 Å². The molecule has 0 aliphatic carbocycles. The number of nitrogens with one attached hydrogen (secondary N) is 1. The minimum Gasteiger partial charge on any atom is -0.448 e. The van der Waals surface area contributed by atoms with Gasteiger partial charge in [0.2, 0.25) is 0 Å². The van der Waals surface area contributed by atoms with Crippen molar-refractivity contribution in [2.75, 3.05) is 0 Å². The first-order chi connectivity index (χ1) is 12.9. The van der Waals surface area contributed by atoms with Crippen molar-refractivity contribution in [1.82, 2.24) is 5.32 Å². The van der Waals surface area contributed by atoms with Gasteiger partial charge in [-0.15, -0.1) is 0 Å². The molecule has 1 atom stereocenters. The van der Waals surface area contributed by atoms with Crippen LogP contribution in [-0.4, -0.2) is 18.0 Å². The maximum absolute atomic E-state index is 12.9. The molecule has 0 spiro atoms. The molecule has 27 heavy (non-hydrogen) atoms. The first-order valence-corrected chi connectivity index (χ1v) is 8.30. The monoisotopic (exact) mass is 366 g/mol. The number of carbonyl (C=O) groups is 2. The van der Waals surface area contributed by atoms with Crippen LogP contribution in [0.2, 0.25) is 0 Å². The van der Waals surface area contributed by atoms with E-state index in [0.717, 1.165) is 5.56 Å². The van der Waals surface area contributed by atoms with Gasteiger partial charge in [-0.25, -0.2) is 9.18 Å². The number of nitriles is 1. The van der Waals surface area contributed by atoms with Crippen LogP contribution in [0.5, 0.6) is 0 Å². The SMILES string of the molecule is Cc1ccc(/C=C(\C#N)C(=O)O[C@@H](C)C(=O)NCc2ccc(F)cc2)cc1. The van der Waals surface area contributed by atoms with Gasteiger partial charge in [-0.2, -0.15) is 5.26 Å². The second-order valence-electron chi connectivity index (χ2n) is 5.97. The molecule has 0 saturated carbocycles. The van der Waals surface area contributed by atoms with Gasteiger partial charge in [-0.3, -0.25) is 4.79 Å². The smallest absolute Gasteiger partial charge is 0.349 e. The lowest BCUT2D eigenvalue weighted by molar-refractivity contribution is -0.150. The first-order valence-electron chi connectivity index (χ1n) is 8.30. The Morgan fingerprint density at radius 3 is 2.41 bits per heavy atom. The molecule has 0 unspecified atom stereocenters. The molecule has 0 saturated heterocycles. The largest absolute Gasteiger partial charge is 0.448 e. The number of carbonyl (C=O) groups excluding carboxylic acids is 2. The number of aryl methyl sites for hydroxylation is 1. The summed E-state index contributed by atoms with van der Waals surface area (Å²) in [6.45, 7) is 3.52. The van der Waals surface area contributed by atoms with Crippen molar-refractivity contribution >= 4 is 18.0 Å². The van der Waals surface area contributed by atoms with E-state index in [2.05, 4.69) is 5.32 Å². The number of esters is 1. The van der Waals surface area contributed by atoms with E-state index >= 15 is 0 Å². The molecule has 0 radical (unpaired) electrons. The third kappa shape index (κ3) is 6.08. The van der Waals surface area contributed by atoms with Crippen LogP contribution in [0.1, 0.15) is 23.6 Å². The molecule has 2 aromatic carbocycles. The number of amides is 1. The lowest BCUT2D eigenvalue weighted by Gasteiger charge is -2.13. The quantitative estimate of drug-likeness (QED) is 0.483. The van der Waals surface area contributed by atoms with Crippen LogP contribution in [-0.2, 0) is 20.9 Å². The molecule has 0 aliphatic rings. The molecule has 2 rings (SSSR count). The van der Waals surface area contributed by atoms with E-state index in [4.69, 9.17) is 4.74 Å². The molecule has 1 N–H and O–H groups in total. The number of halogens is 1. The van der Waals surface area contributed by atoms with Gasteiger partial charge in [-0.05, 0) is 43.2 Å². The van der Waals surface area contributed by atoms with Crippen LogP contribution in [0.4, 0.5) is 4.39 Å². The highest BCUT2D eigenvalue weighted by Gasteiger charge is 2.20. The lowest BCUT2D eigenvalue weighted by Crippen LogP contribution is -2.35. The second kappa shape index (κ2) is 9.30. The summed E-state index contributed by atoms with van der Waals surface area (Å²) in [7, 11) is 0. The Hall–Kier alpha value is -3.46. The van der Waals surface area contributed by atoms with E-state index in [0.29, 0.717) is 11.1 Å². The fourth-order valence-electron chi connectivity index (χ4n) is 2.18. The van der Waals surface area contributed by atoms with Crippen molar-refractivity contribution in [2.24, 2.45) is 0 Å². The maximum Gasteiger partial charge on any atom is 0.349 e. The van der Waals surface area contributed by atoms with Crippen molar-refractivity contribution in [3.8, 4) is 6.07 Å².